The lowest BCUT2D eigenvalue weighted by Gasteiger charge is -2.25. The van der Waals surface area contributed by atoms with E-state index in [9.17, 15) is 0 Å². The molecule has 1 fully saturated rings. The summed E-state index contributed by atoms with van der Waals surface area (Å²) in [4.78, 5) is 0. The van der Waals surface area contributed by atoms with Gasteiger partial charge in [0.05, 0.1) is 18.3 Å². The topological polar surface area (TPSA) is 92.2 Å². The zero-order valence-electron chi connectivity index (χ0n) is 5.70. The van der Waals surface area contributed by atoms with Crippen molar-refractivity contribution in [2.45, 2.75) is 37.6 Å². The first kappa shape index (κ1) is 9.84. The molecule has 10 heavy (non-hydrogen) atoms. The van der Waals surface area contributed by atoms with Gasteiger partial charge in [-0.2, -0.15) is 0 Å². The molecule has 0 aromatic carbocycles. The lowest BCUT2D eigenvalue weighted by molar-refractivity contribution is -0.0247. The smallest absolute Gasteiger partial charge is 0.0589 e. The Morgan fingerprint density at radius 3 is 1.10 bits per heavy atom. The molecule has 0 unspecified atom stereocenters. The van der Waals surface area contributed by atoms with Crippen LogP contribution >= 0.6 is 0 Å². The van der Waals surface area contributed by atoms with E-state index in [1.165, 1.54) is 0 Å². The van der Waals surface area contributed by atoms with Crippen LogP contribution in [0.2, 0.25) is 0 Å². The molecule has 0 spiro atoms. The molecular formula is C6H14O4. The van der Waals surface area contributed by atoms with E-state index in [1.54, 1.807) is 0 Å². The quantitative estimate of drug-likeness (QED) is 0.389. The third kappa shape index (κ3) is 2.62. The van der Waals surface area contributed by atoms with Crippen molar-refractivity contribution in [3.63, 3.8) is 0 Å². The van der Waals surface area contributed by atoms with Crippen LogP contribution in [0, 0.1) is 0 Å². The summed E-state index contributed by atoms with van der Waals surface area (Å²) in [5, 5.41) is 26.8. The molecule has 1 rings (SSSR count). The Balaban J connectivity index is 0.000000810. The molecule has 5 N–H and O–H groups in total. The number of rotatable bonds is 0. The highest BCUT2D eigenvalue weighted by atomic mass is 16.3. The summed E-state index contributed by atoms with van der Waals surface area (Å²) >= 11 is 0. The molecule has 1 aliphatic rings. The average Bonchev–Trinajstić information content (AvgIpc) is 1.59. The fourth-order valence-corrected chi connectivity index (χ4v) is 1.23. The molecule has 4 nitrogen and oxygen atoms in total. The maximum absolute atomic E-state index is 8.93. The van der Waals surface area contributed by atoms with Crippen molar-refractivity contribution in [1.82, 2.24) is 0 Å². The molecule has 0 saturated heterocycles. The predicted octanol–water partition coefficient (Wildman–Crippen LogP) is -1.57. The first-order valence-electron chi connectivity index (χ1n) is 3.22. The van der Waals surface area contributed by atoms with E-state index in [4.69, 9.17) is 15.3 Å². The maximum Gasteiger partial charge on any atom is 0.0589 e. The number of aliphatic hydroxyl groups excluding tert-OH is 3. The SMILES string of the molecule is O.OC1CC(O)CC(O)C1. The van der Waals surface area contributed by atoms with E-state index < -0.39 is 18.3 Å². The summed E-state index contributed by atoms with van der Waals surface area (Å²) < 4.78 is 0. The molecule has 0 heterocycles. The van der Waals surface area contributed by atoms with E-state index in [0.717, 1.165) is 0 Å². The van der Waals surface area contributed by atoms with Crippen LogP contribution < -0.4 is 0 Å². The zero-order valence-corrected chi connectivity index (χ0v) is 5.70. The van der Waals surface area contributed by atoms with Crippen LogP contribution in [-0.4, -0.2) is 39.1 Å². The third-order valence-electron chi connectivity index (χ3n) is 1.63. The van der Waals surface area contributed by atoms with Gasteiger partial charge in [0.1, 0.15) is 0 Å². The second-order valence-corrected chi connectivity index (χ2v) is 2.67. The van der Waals surface area contributed by atoms with Gasteiger partial charge in [-0.05, 0) is 19.3 Å². The molecule has 1 aliphatic carbocycles. The fourth-order valence-electron chi connectivity index (χ4n) is 1.23. The summed E-state index contributed by atoms with van der Waals surface area (Å²) in [6.45, 7) is 0. The molecular weight excluding hydrogens is 136 g/mol. The van der Waals surface area contributed by atoms with Crippen LogP contribution in [0.5, 0.6) is 0 Å². The highest BCUT2D eigenvalue weighted by Gasteiger charge is 2.24. The van der Waals surface area contributed by atoms with E-state index in [2.05, 4.69) is 0 Å². The largest absolute Gasteiger partial charge is 0.412 e. The lowest BCUT2D eigenvalue weighted by atomic mass is 9.93. The summed E-state index contributed by atoms with van der Waals surface area (Å²) in [5.74, 6) is 0. The molecule has 0 atom stereocenters. The van der Waals surface area contributed by atoms with Gasteiger partial charge < -0.3 is 20.8 Å². The van der Waals surface area contributed by atoms with Crippen molar-refractivity contribution in [1.29, 1.82) is 0 Å². The van der Waals surface area contributed by atoms with Crippen LogP contribution in [0.3, 0.4) is 0 Å². The van der Waals surface area contributed by atoms with E-state index in [-0.39, 0.29) is 5.48 Å². The monoisotopic (exact) mass is 150 g/mol. The fraction of sp³-hybridized carbons (Fsp3) is 1.00. The summed E-state index contributed by atoms with van der Waals surface area (Å²) in [5.41, 5.74) is 0. The van der Waals surface area contributed by atoms with Crippen molar-refractivity contribution in [3.8, 4) is 0 Å². The second-order valence-electron chi connectivity index (χ2n) is 2.67. The molecule has 0 aliphatic heterocycles. The number of hydrogen-bond acceptors (Lipinski definition) is 3. The first-order valence-corrected chi connectivity index (χ1v) is 3.22. The van der Waals surface area contributed by atoms with Crippen molar-refractivity contribution < 1.29 is 20.8 Å². The van der Waals surface area contributed by atoms with Crippen molar-refractivity contribution in [3.05, 3.63) is 0 Å². The van der Waals surface area contributed by atoms with Gasteiger partial charge in [0.15, 0.2) is 0 Å². The molecule has 0 aromatic heterocycles. The second kappa shape index (κ2) is 3.88. The van der Waals surface area contributed by atoms with Crippen LogP contribution in [0.1, 0.15) is 19.3 Å². The van der Waals surface area contributed by atoms with Crippen molar-refractivity contribution >= 4 is 0 Å². The predicted molar refractivity (Wildman–Crippen MR) is 35.5 cm³/mol. The summed E-state index contributed by atoms with van der Waals surface area (Å²) in [7, 11) is 0. The summed E-state index contributed by atoms with van der Waals surface area (Å²) in [6, 6.07) is 0. The molecule has 0 aromatic rings. The first-order chi connectivity index (χ1) is 4.18. The van der Waals surface area contributed by atoms with Gasteiger partial charge >= 0.3 is 0 Å². The average molecular weight is 150 g/mol. The van der Waals surface area contributed by atoms with E-state index in [0.29, 0.717) is 19.3 Å². The number of aliphatic hydroxyl groups is 3. The molecule has 0 bridgehead atoms. The van der Waals surface area contributed by atoms with Gasteiger partial charge in [-0.1, -0.05) is 0 Å². The Kier molecular flexibility index (Phi) is 3.81. The lowest BCUT2D eigenvalue weighted by Crippen LogP contribution is -2.32. The van der Waals surface area contributed by atoms with Gasteiger partial charge in [-0.25, -0.2) is 0 Å². The zero-order chi connectivity index (χ0) is 6.85. The summed E-state index contributed by atoms with van der Waals surface area (Å²) in [6.07, 6.45) is -0.290. The molecule has 0 radical (unpaired) electrons. The van der Waals surface area contributed by atoms with Crippen molar-refractivity contribution in [2.24, 2.45) is 0 Å². The van der Waals surface area contributed by atoms with Gasteiger partial charge in [-0.3, -0.25) is 0 Å². The Morgan fingerprint density at radius 1 is 0.700 bits per heavy atom. The van der Waals surface area contributed by atoms with E-state index in [1.807, 2.05) is 0 Å². The minimum atomic E-state index is -0.510. The Bertz CT molecular complexity index is 70.7. The van der Waals surface area contributed by atoms with Gasteiger partial charge in [0.25, 0.3) is 0 Å². The Morgan fingerprint density at radius 2 is 0.900 bits per heavy atom. The van der Waals surface area contributed by atoms with Crippen molar-refractivity contribution in [2.75, 3.05) is 0 Å². The number of hydrogen-bond donors (Lipinski definition) is 3. The van der Waals surface area contributed by atoms with Gasteiger partial charge in [0.2, 0.25) is 0 Å². The minimum Gasteiger partial charge on any atom is -0.412 e. The molecule has 62 valence electrons. The normalized spacial score (nSPS) is 40.5. The molecule has 1 saturated carbocycles. The van der Waals surface area contributed by atoms with Gasteiger partial charge in [0, 0.05) is 0 Å². The maximum atomic E-state index is 8.93. The Hall–Kier alpha value is -0.160. The standard InChI is InChI=1S/C6H12O3.H2O/c7-4-1-5(8)3-6(9)2-4;/h4-9H,1-3H2;1H2. The minimum absolute atomic E-state index is 0. The highest BCUT2D eigenvalue weighted by molar-refractivity contribution is 4.76. The highest BCUT2D eigenvalue weighted by Crippen LogP contribution is 2.18. The molecule has 0 amide bonds. The van der Waals surface area contributed by atoms with E-state index >= 15 is 0 Å². The third-order valence-corrected chi connectivity index (χ3v) is 1.63. The van der Waals surface area contributed by atoms with Crippen LogP contribution in [0.25, 0.3) is 0 Å². The van der Waals surface area contributed by atoms with Crippen LogP contribution in [0.4, 0.5) is 0 Å². The van der Waals surface area contributed by atoms with Crippen LogP contribution in [0.15, 0.2) is 0 Å². The van der Waals surface area contributed by atoms with Gasteiger partial charge in [-0.15, -0.1) is 0 Å². The van der Waals surface area contributed by atoms with Crippen LogP contribution in [-0.2, 0) is 0 Å². The Labute approximate surface area is 59.4 Å². The molecule has 4 heteroatoms.